The van der Waals surface area contributed by atoms with E-state index in [4.69, 9.17) is 20.6 Å². The molecule has 0 fully saturated rings. The average Bonchev–Trinajstić information content (AvgIpc) is 2.35. The van der Waals surface area contributed by atoms with Crippen LogP contribution in [-0.4, -0.2) is 25.0 Å². The van der Waals surface area contributed by atoms with E-state index in [1.165, 1.54) is 0 Å². The van der Waals surface area contributed by atoms with Crippen LogP contribution in [0.25, 0.3) is 0 Å². The summed E-state index contributed by atoms with van der Waals surface area (Å²) in [6.45, 7) is 2.65. The molecule has 0 saturated carbocycles. The Kier molecular flexibility index (Phi) is 5.70. The van der Waals surface area contributed by atoms with Gasteiger partial charge in [0.25, 0.3) is 0 Å². The summed E-state index contributed by atoms with van der Waals surface area (Å²) in [5.74, 6) is 0.528. The number of hydrogen-bond acceptors (Lipinski definition) is 4. The highest BCUT2D eigenvalue weighted by Gasteiger charge is 2.02. The molecule has 0 aliphatic rings. The molecule has 1 rings (SSSR count). The van der Waals surface area contributed by atoms with Crippen LogP contribution in [0.2, 0.25) is 0 Å². The second kappa shape index (κ2) is 7.32. The Bertz CT molecular complexity index is 401. The van der Waals surface area contributed by atoms with Crippen molar-refractivity contribution in [2.24, 2.45) is 5.73 Å². The molecule has 1 aromatic rings. The van der Waals surface area contributed by atoms with E-state index in [0.29, 0.717) is 37.4 Å². The second-order valence-corrected chi connectivity index (χ2v) is 3.70. The first-order valence-electron chi connectivity index (χ1n) is 5.86. The molecule has 0 aliphatic carbocycles. The van der Waals surface area contributed by atoms with E-state index in [-0.39, 0.29) is 11.8 Å². The van der Waals surface area contributed by atoms with Crippen LogP contribution in [-0.2, 0) is 9.53 Å². The Morgan fingerprint density at radius 3 is 2.56 bits per heavy atom. The van der Waals surface area contributed by atoms with E-state index in [2.05, 4.69) is 0 Å². The quantitative estimate of drug-likeness (QED) is 0.334. The van der Waals surface area contributed by atoms with Crippen molar-refractivity contribution in [2.75, 3.05) is 13.2 Å². The van der Waals surface area contributed by atoms with Gasteiger partial charge in [0.05, 0.1) is 13.2 Å². The molecule has 0 amide bonds. The van der Waals surface area contributed by atoms with Gasteiger partial charge >= 0.3 is 5.97 Å². The summed E-state index contributed by atoms with van der Waals surface area (Å²) < 4.78 is 10.3. The van der Waals surface area contributed by atoms with Gasteiger partial charge in [-0.15, -0.1) is 0 Å². The molecule has 1 aromatic carbocycles. The molecule has 0 heterocycles. The van der Waals surface area contributed by atoms with Crippen LogP contribution in [0.4, 0.5) is 0 Å². The van der Waals surface area contributed by atoms with Crippen molar-refractivity contribution in [2.45, 2.75) is 19.8 Å². The highest BCUT2D eigenvalue weighted by Crippen LogP contribution is 2.12. The molecule has 98 valence electrons. The number of ether oxygens (including phenoxy) is 2. The summed E-state index contributed by atoms with van der Waals surface area (Å²) in [7, 11) is 0. The van der Waals surface area contributed by atoms with E-state index in [9.17, 15) is 4.79 Å². The van der Waals surface area contributed by atoms with Crippen LogP contribution >= 0.6 is 0 Å². The van der Waals surface area contributed by atoms with Crippen LogP contribution in [0.15, 0.2) is 24.3 Å². The van der Waals surface area contributed by atoms with Gasteiger partial charge in [-0.05, 0) is 37.6 Å². The molecule has 5 nitrogen and oxygen atoms in total. The summed E-state index contributed by atoms with van der Waals surface area (Å²) in [5, 5.41) is 7.25. The molecule has 0 saturated heterocycles. The molecular weight excluding hydrogens is 232 g/mol. The molecule has 0 spiro atoms. The van der Waals surface area contributed by atoms with Crippen LogP contribution in [0.3, 0.4) is 0 Å². The van der Waals surface area contributed by atoms with Crippen molar-refractivity contribution in [3.8, 4) is 5.75 Å². The van der Waals surface area contributed by atoms with Gasteiger partial charge in [-0.2, -0.15) is 0 Å². The number of rotatable bonds is 7. The molecule has 0 unspecified atom stereocenters. The van der Waals surface area contributed by atoms with Gasteiger partial charge < -0.3 is 15.2 Å². The lowest BCUT2D eigenvalue weighted by atomic mass is 10.2. The Morgan fingerprint density at radius 1 is 1.33 bits per heavy atom. The van der Waals surface area contributed by atoms with Crippen molar-refractivity contribution in [3.63, 3.8) is 0 Å². The maximum absolute atomic E-state index is 11.1. The summed E-state index contributed by atoms with van der Waals surface area (Å²) >= 11 is 0. The minimum atomic E-state index is -0.201. The maximum Gasteiger partial charge on any atom is 0.305 e. The molecule has 3 N–H and O–H groups in total. The highest BCUT2D eigenvalue weighted by molar-refractivity contribution is 5.94. The number of carbonyl (C=O) groups is 1. The second-order valence-electron chi connectivity index (χ2n) is 3.70. The third-order valence-electron chi connectivity index (χ3n) is 2.26. The number of hydrogen-bond donors (Lipinski definition) is 2. The van der Waals surface area contributed by atoms with E-state index in [1.54, 1.807) is 31.2 Å². The Balaban J connectivity index is 2.27. The van der Waals surface area contributed by atoms with Gasteiger partial charge in [0.1, 0.15) is 11.6 Å². The number of nitrogens with one attached hydrogen (secondary N) is 1. The van der Waals surface area contributed by atoms with Crippen molar-refractivity contribution in [3.05, 3.63) is 29.8 Å². The Hall–Kier alpha value is -2.04. The van der Waals surface area contributed by atoms with Crippen LogP contribution in [0.5, 0.6) is 5.75 Å². The SMILES string of the molecule is CCOC(=O)CCCOc1ccc(C(=N)N)cc1. The van der Waals surface area contributed by atoms with Crippen molar-refractivity contribution in [1.29, 1.82) is 5.41 Å². The van der Waals surface area contributed by atoms with Crippen LogP contribution < -0.4 is 10.5 Å². The number of amidine groups is 1. The van der Waals surface area contributed by atoms with E-state index >= 15 is 0 Å². The van der Waals surface area contributed by atoms with Gasteiger partial charge in [0.2, 0.25) is 0 Å². The van der Waals surface area contributed by atoms with Gasteiger partial charge in [0, 0.05) is 12.0 Å². The minimum Gasteiger partial charge on any atom is -0.494 e. The van der Waals surface area contributed by atoms with E-state index in [1.807, 2.05) is 0 Å². The maximum atomic E-state index is 11.1. The van der Waals surface area contributed by atoms with E-state index < -0.39 is 0 Å². The monoisotopic (exact) mass is 250 g/mol. The van der Waals surface area contributed by atoms with Crippen molar-refractivity contribution in [1.82, 2.24) is 0 Å². The molecular formula is C13H18N2O3. The van der Waals surface area contributed by atoms with Crippen molar-refractivity contribution < 1.29 is 14.3 Å². The van der Waals surface area contributed by atoms with Gasteiger partial charge in [-0.3, -0.25) is 10.2 Å². The molecule has 0 radical (unpaired) electrons. The lowest BCUT2D eigenvalue weighted by molar-refractivity contribution is -0.143. The fourth-order valence-electron chi connectivity index (χ4n) is 1.37. The number of nitrogens with two attached hydrogens (primary N) is 1. The third-order valence-corrected chi connectivity index (χ3v) is 2.26. The number of benzene rings is 1. The van der Waals surface area contributed by atoms with Crippen molar-refractivity contribution >= 4 is 11.8 Å². The summed E-state index contributed by atoms with van der Waals surface area (Å²) in [4.78, 5) is 11.1. The van der Waals surface area contributed by atoms with Crippen LogP contribution in [0, 0.1) is 5.41 Å². The highest BCUT2D eigenvalue weighted by atomic mass is 16.5. The fraction of sp³-hybridized carbons (Fsp3) is 0.385. The lowest BCUT2D eigenvalue weighted by Gasteiger charge is -2.06. The van der Waals surface area contributed by atoms with Gasteiger partial charge in [0.15, 0.2) is 0 Å². The average molecular weight is 250 g/mol. The van der Waals surface area contributed by atoms with Crippen LogP contribution in [0.1, 0.15) is 25.3 Å². The summed E-state index contributed by atoms with van der Waals surface area (Å²) in [6, 6.07) is 6.95. The zero-order valence-corrected chi connectivity index (χ0v) is 10.4. The normalized spacial score (nSPS) is 9.83. The Morgan fingerprint density at radius 2 is 2.00 bits per heavy atom. The smallest absolute Gasteiger partial charge is 0.305 e. The zero-order chi connectivity index (χ0) is 13.4. The topological polar surface area (TPSA) is 85.4 Å². The first-order chi connectivity index (χ1) is 8.63. The predicted molar refractivity (Wildman–Crippen MR) is 68.8 cm³/mol. The van der Waals surface area contributed by atoms with Gasteiger partial charge in [-0.1, -0.05) is 0 Å². The zero-order valence-electron chi connectivity index (χ0n) is 10.4. The first kappa shape index (κ1) is 14.0. The standard InChI is InChI=1S/C13H18N2O3/c1-2-17-12(16)4-3-9-18-11-7-5-10(6-8-11)13(14)15/h5-8H,2-4,9H2,1H3,(H3,14,15). The van der Waals surface area contributed by atoms with Gasteiger partial charge in [-0.25, -0.2) is 0 Å². The first-order valence-corrected chi connectivity index (χ1v) is 5.86. The molecule has 5 heteroatoms. The fourth-order valence-corrected chi connectivity index (χ4v) is 1.37. The predicted octanol–water partition coefficient (Wildman–Crippen LogP) is 1.69. The minimum absolute atomic E-state index is 0.0314. The van der Waals surface area contributed by atoms with E-state index in [0.717, 1.165) is 0 Å². The Labute approximate surface area is 106 Å². The number of esters is 1. The summed E-state index contributed by atoms with van der Waals surface area (Å²) in [6.07, 6.45) is 0.979. The molecule has 0 aromatic heterocycles. The summed E-state index contributed by atoms with van der Waals surface area (Å²) in [5.41, 5.74) is 6.00. The molecule has 0 aliphatic heterocycles. The number of carbonyl (C=O) groups excluding carboxylic acids is 1. The molecule has 0 atom stereocenters. The molecule has 18 heavy (non-hydrogen) atoms. The third kappa shape index (κ3) is 4.86. The number of nitrogen functional groups attached to an aromatic ring is 1. The molecule has 0 bridgehead atoms. The lowest BCUT2D eigenvalue weighted by Crippen LogP contribution is -2.10. The largest absolute Gasteiger partial charge is 0.494 e.